The van der Waals surface area contributed by atoms with Crippen LogP contribution in [-0.2, 0) is 6.61 Å². The molecule has 4 heteroatoms. The number of hydrogen-bond acceptors (Lipinski definition) is 4. The molecule has 0 bridgehead atoms. The minimum Gasteiger partial charge on any atom is -0.423 e. The first-order chi connectivity index (χ1) is 18.9. The van der Waals surface area contributed by atoms with Crippen LogP contribution in [0.4, 0.5) is 0 Å². The molecular weight excluding hydrogens is 482 g/mol. The molecule has 1 N–H and O–H groups in total. The van der Waals surface area contributed by atoms with Gasteiger partial charge in [0.2, 0.25) is 0 Å². The van der Waals surface area contributed by atoms with Crippen molar-refractivity contribution in [2.75, 3.05) is 6.54 Å². The molecule has 0 aliphatic heterocycles. The van der Waals surface area contributed by atoms with Gasteiger partial charge in [0.15, 0.2) is 0 Å². The molecular formula is C35H41NO3. The summed E-state index contributed by atoms with van der Waals surface area (Å²) in [5.74, 6) is 0.214. The molecule has 0 saturated heterocycles. The highest BCUT2D eigenvalue weighted by Gasteiger charge is 2.22. The first-order valence-corrected chi connectivity index (χ1v) is 14.1. The quantitative estimate of drug-likeness (QED) is 0.116. The highest BCUT2D eigenvalue weighted by Crippen LogP contribution is 2.37. The zero-order valence-electron chi connectivity index (χ0n) is 23.6. The molecule has 0 fully saturated rings. The van der Waals surface area contributed by atoms with Gasteiger partial charge in [0.05, 0.1) is 12.2 Å². The molecule has 0 amide bonds. The van der Waals surface area contributed by atoms with Gasteiger partial charge in [-0.1, -0.05) is 79.2 Å². The molecule has 0 radical (unpaired) electrons. The van der Waals surface area contributed by atoms with E-state index >= 15 is 0 Å². The number of hydrogen-bond donors (Lipinski definition) is 1. The van der Waals surface area contributed by atoms with Crippen molar-refractivity contribution in [3.8, 4) is 5.75 Å². The summed E-state index contributed by atoms with van der Waals surface area (Å²) < 4.78 is 6.12. The average molecular weight is 524 g/mol. The Kier molecular flexibility index (Phi) is 9.91. The number of nitrogens with zero attached hydrogens (tertiary/aromatic N) is 1. The lowest BCUT2D eigenvalue weighted by Crippen LogP contribution is -2.37. The van der Waals surface area contributed by atoms with Crippen LogP contribution in [0.5, 0.6) is 5.75 Å². The van der Waals surface area contributed by atoms with Crippen molar-refractivity contribution in [3.63, 3.8) is 0 Å². The molecule has 4 nitrogen and oxygen atoms in total. The Morgan fingerprint density at radius 3 is 2.23 bits per heavy atom. The van der Waals surface area contributed by atoms with E-state index in [1.807, 2.05) is 66.7 Å². The molecule has 39 heavy (non-hydrogen) atoms. The van der Waals surface area contributed by atoms with Gasteiger partial charge in [0.25, 0.3) is 0 Å². The predicted octanol–water partition coefficient (Wildman–Crippen LogP) is 7.97. The van der Waals surface area contributed by atoms with Crippen LogP contribution < -0.4 is 4.74 Å². The highest BCUT2D eigenvalue weighted by molar-refractivity contribution is 6.05. The molecule has 4 aromatic carbocycles. The molecule has 204 valence electrons. The zero-order chi connectivity index (χ0) is 27.8. The summed E-state index contributed by atoms with van der Waals surface area (Å²) in [5, 5.41) is 11.8. The summed E-state index contributed by atoms with van der Waals surface area (Å²) in [7, 11) is 0. The van der Waals surface area contributed by atoms with E-state index in [-0.39, 0.29) is 18.5 Å². The van der Waals surface area contributed by atoms with E-state index in [9.17, 15) is 9.90 Å². The van der Waals surface area contributed by atoms with Crippen molar-refractivity contribution in [2.24, 2.45) is 0 Å². The van der Waals surface area contributed by atoms with E-state index in [0.29, 0.717) is 23.4 Å². The highest BCUT2D eigenvalue weighted by atomic mass is 16.5. The standard InChI is InChI=1S/C35H41NO3/c1-25(2)36(26(3)4)22-11-10-18-31(28-13-6-5-7-14-28)33-23-27(24-37)20-21-34(33)39-35(38)32-19-12-16-29-15-8-9-17-30(29)32/h5-9,12-17,19-21,23,25-26,31,37H,10-11,18,22,24H2,1-4H3. The molecule has 0 heterocycles. The molecule has 0 spiro atoms. The Morgan fingerprint density at radius 2 is 1.51 bits per heavy atom. The number of benzene rings is 4. The van der Waals surface area contributed by atoms with E-state index in [2.05, 4.69) is 56.9 Å². The minimum atomic E-state index is -0.374. The van der Waals surface area contributed by atoms with Gasteiger partial charge in [-0.2, -0.15) is 0 Å². The molecule has 4 rings (SSSR count). The fourth-order valence-corrected chi connectivity index (χ4v) is 5.56. The molecule has 0 aliphatic rings. The first kappa shape index (κ1) is 28.5. The number of aliphatic hydroxyl groups excluding tert-OH is 1. The van der Waals surface area contributed by atoms with Crippen LogP contribution in [0.1, 0.15) is 79.9 Å². The van der Waals surface area contributed by atoms with Crippen molar-refractivity contribution in [1.29, 1.82) is 0 Å². The van der Waals surface area contributed by atoms with Crippen molar-refractivity contribution in [3.05, 3.63) is 113 Å². The minimum absolute atomic E-state index is 0.0413. The Hall–Kier alpha value is -3.47. The molecule has 4 aromatic rings. The fraction of sp³-hybridized carbons (Fsp3) is 0.343. The van der Waals surface area contributed by atoms with Gasteiger partial charge >= 0.3 is 5.97 Å². The Balaban J connectivity index is 1.63. The van der Waals surface area contributed by atoms with E-state index < -0.39 is 0 Å². The van der Waals surface area contributed by atoms with Crippen molar-refractivity contribution in [2.45, 2.75) is 71.6 Å². The zero-order valence-corrected chi connectivity index (χ0v) is 23.6. The third-order valence-corrected chi connectivity index (χ3v) is 7.53. The van der Waals surface area contributed by atoms with Crippen LogP contribution in [0.15, 0.2) is 91.0 Å². The van der Waals surface area contributed by atoms with Crippen LogP contribution >= 0.6 is 0 Å². The Bertz CT molecular complexity index is 1350. The van der Waals surface area contributed by atoms with Gasteiger partial charge in [-0.3, -0.25) is 4.90 Å². The summed E-state index contributed by atoms with van der Waals surface area (Å²) in [5.41, 5.74) is 3.47. The van der Waals surface area contributed by atoms with Gasteiger partial charge < -0.3 is 9.84 Å². The van der Waals surface area contributed by atoms with Crippen LogP contribution in [0, 0.1) is 0 Å². The number of carbonyl (C=O) groups excluding carboxylic acids is 1. The lowest BCUT2D eigenvalue weighted by molar-refractivity contribution is 0.0734. The van der Waals surface area contributed by atoms with Crippen LogP contribution in [0.3, 0.4) is 0 Å². The number of aliphatic hydroxyl groups is 1. The molecule has 1 unspecified atom stereocenters. The maximum Gasteiger partial charge on any atom is 0.344 e. The van der Waals surface area contributed by atoms with E-state index in [1.165, 1.54) is 5.56 Å². The van der Waals surface area contributed by atoms with Gasteiger partial charge in [-0.15, -0.1) is 0 Å². The second kappa shape index (κ2) is 13.5. The number of ether oxygens (including phenoxy) is 1. The third-order valence-electron chi connectivity index (χ3n) is 7.53. The molecule has 0 aliphatic carbocycles. The second-order valence-corrected chi connectivity index (χ2v) is 10.8. The number of fused-ring (bicyclic) bond motifs is 1. The molecule has 0 aromatic heterocycles. The average Bonchev–Trinajstić information content (AvgIpc) is 2.95. The van der Waals surface area contributed by atoms with Gasteiger partial charge in [0.1, 0.15) is 5.75 Å². The number of carbonyl (C=O) groups is 1. The summed E-state index contributed by atoms with van der Waals surface area (Å²) >= 11 is 0. The van der Waals surface area contributed by atoms with Gasteiger partial charge in [-0.05, 0) is 87.2 Å². The molecule has 1 atom stereocenters. The summed E-state index contributed by atoms with van der Waals surface area (Å²) in [6, 6.07) is 30.7. The lowest BCUT2D eigenvalue weighted by atomic mass is 9.85. The fourth-order valence-electron chi connectivity index (χ4n) is 5.56. The topological polar surface area (TPSA) is 49.8 Å². The van der Waals surface area contributed by atoms with E-state index in [1.54, 1.807) is 0 Å². The maximum atomic E-state index is 13.5. The lowest BCUT2D eigenvalue weighted by Gasteiger charge is -2.30. The van der Waals surface area contributed by atoms with Crippen molar-refractivity contribution >= 4 is 16.7 Å². The first-order valence-electron chi connectivity index (χ1n) is 14.1. The summed E-state index contributed by atoms with van der Waals surface area (Å²) in [6.45, 7) is 10.0. The predicted molar refractivity (Wildman–Crippen MR) is 160 cm³/mol. The normalized spacial score (nSPS) is 12.4. The monoisotopic (exact) mass is 523 g/mol. The van der Waals surface area contributed by atoms with Crippen LogP contribution in [-0.4, -0.2) is 34.6 Å². The van der Waals surface area contributed by atoms with E-state index in [0.717, 1.165) is 47.7 Å². The van der Waals surface area contributed by atoms with E-state index in [4.69, 9.17) is 4.74 Å². The van der Waals surface area contributed by atoms with Crippen LogP contribution in [0.25, 0.3) is 10.8 Å². The smallest absolute Gasteiger partial charge is 0.344 e. The Morgan fingerprint density at radius 1 is 0.821 bits per heavy atom. The third kappa shape index (κ3) is 7.14. The second-order valence-electron chi connectivity index (χ2n) is 10.8. The largest absolute Gasteiger partial charge is 0.423 e. The Labute approximate surface area is 233 Å². The summed E-state index contributed by atoms with van der Waals surface area (Å²) in [6.07, 6.45) is 3.04. The van der Waals surface area contributed by atoms with Gasteiger partial charge in [-0.25, -0.2) is 4.79 Å². The maximum absolute atomic E-state index is 13.5. The number of rotatable bonds is 12. The van der Waals surface area contributed by atoms with Crippen molar-refractivity contribution in [1.82, 2.24) is 4.90 Å². The van der Waals surface area contributed by atoms with Crippen LogP contribution in [0.2, 0.25) is 0 Å². The SMILES string of the molecule is CC(C)N(CCCCC(c1ccccc1)c1cc(CO)ccc1OC(=O)c1cccc2ccccc12)C(C)C. The van der Waals surface area contributed by atoms with Gasteiger partial charge in [0, 0.05) is 23.6 Å². The van der Waals surface area contributed by atoms with Crippen molar-refractivity contribution < 1.29 is 14.6 Å². The summed E-state index contributed by atoms with van der Waals surface area (Å²) in [4.78, 5) is 16.0. The number of unbranched alkanes of at least 4 members (excludes halogenated alkanes) is 1. The molecule has 0 saturated carbocycles. The number of esters is 1.